The van der Waals surface area contributed by atoms with Gasteiger partial charge >= 0.3 is 5.97 Å². The van der Waals surface area contributed by atoms with Gasteiger partial charge in [-0.3, -0.25) is 0 Å². The van der Waals surface area contributed by atoms with Gasteiger partial charge in [0.05, 0.1) is 0 Å². The Kier molecular flexibility index (Phi) is 7.60. The third-order valence-electron chi connectivity index (χ3n) is 5.70. The third-order valence-corrected chi connectivity index (χ3v) is 6.17. The molecule has 4 rings (SSSR count). The SMILES string of the molecule is Cl.O=C(O)c1cc(Cl)ccc1OC[C@H](O)CN1CCC2(CC1)Cc1cc(Cl)ccc1O2. The molecule has 2 aromatic rings. The van der Waals surface area contributed by atoms with Gasteiger partial charge in [-0.2, -0.15) is 0 Å². The fraction of sp³-hybridized carbons (Fsp3) is 0.409. The van der Waals surface area contributed by atoms with Crippen molar-refractivity contribution >= 4 is 41.6 Å². The van der Waals surface area contributed by atoms with Crippen LogP contribution in [0.4, 0.5) is 0 Å². The lowest BCUT2D eigenvalue weighted by Crippen LogP contribution is -2.49. The first-order chi connectivity index (χ1) is 14.3. The van der Waals surface area contributed by atoms with Crippen molar-refractivity contribution in [1.82, 2.24) is 4.90 Å². The van der Waals surface area contributed by atoms with Crippen LogP contribution in [-0.2, 0) is 6.42 Å². The van der Waals surface area contributed by atoms with E-state index in [0.717, 1.165) is 48.7 Å². The molecule has 1 fully saturated rings. The van der Waals surface area contributed by atoms with Gasteiger partial charge in [0, 0.05) is 48.9 Å². The number of piperidine rings is 1. The summed E-state index contributed by atoms with van der Waals surface area (Å²) in [4.78, 5) is 13.5. The molecule has 2 aliphatic rings. The fourth-order valence-corrected chi connectivity index (χ4v) is 4.52. The number of hydrogen-bond acceptors (Lipinski definition) is 5. The zero-order chi connectivity index (χ0) is 21.3. The van der Waals surface area contributed by atoms with Gasteiger partial charge in [-0.1, -0.05) is 23.2 Å². The van der Waals surface area contributed by atoms with Crippen LogP contribution in [0, 0.1) is 0 Å². The van der Waals surface area contributed by atoms with E-state index >= 15 is 0 Å². The van der Waals surface area contributed by atoms with E-state index in [0.29, 0.717) is 11.6 Å². The number of benzene rings is 2. The molecule has 1 saturated heterocycles. The summed E-state index contributed by atoms with van der Waals surface area (Å²) in [7, 11) is 0. The molecule has 2 aromatic carbocycles. The van der Waals surface area contributed by atoms with Crippen LogP contribution in [0.2, 0.25) is 10.0 Å². The van der Waals surface area contributed by atoms with Crippen molar-refractivity contribution in [1.29, 1.82) is 0 Å². The quantitative estimate of drug-likeness (QED) is 0.630. The number of ether oxygens (including phenoxy) is 2. The molecule has 1 spiro atoms. The minimum absolute atomic E-state index is 0. The molecule has 0 amide bonds. The maximum absolute atomic E-state index is 11.3. The molecule has 0 unspecified atom stereocenters. The van der Waals surface area contributed by atoms with Gasteiger partial charge in [0.15, 0.2) is 0 Å². The van der Waals surface area contributed by atoms with Crippen molar-refractivity contribution in [2.45, 2.75) is 31.0 Å². The van der Waals surface area contributed by atoms with Crippen molar-refractivity contribution in [3.05, 3.63) is 57.6 Å². The van der Waals surface area contributed by atoms with E-state index in [1.807, 2.05) is 18.2 Å². The molecular formula is C22H24Cl3NO5. The number of aliphatic hydroxyl groups excluding tert-OH is 1. The Morgan fingerprint density at radius 3 is 2.55 bits per heavy atom. The summed E-state index contributed by atoms with van der Waals surface area (Å²) in [6.45, 7) is 2.06. The standard InChI is InChI=1S/C22H23Cl2NO5.ClH/c23-15-1-3-19-14(9-15)11-22(30-19)5-7-25(8-6-22)12-17(26)13-29-20-4-2-16(24)10-18(20)21(27)28;/h1-4,9-10,17,26H,5-8,11-13H2,(H,27,28);1H/t17-;/m1./s1. The number of likely N-dealkylation sites (tertiary alicyclic amines) is 1. The minimum atomic E-state index is -1.12. The smallest absolute Gasteiger partial charge is 0.339 e. The molecule has 2 N–H and O–H groups in total. The number of hydrogen-bond donors (Lipinski definition) is 2. The molecule has 0 bridgehead atoms. The zero-order valence-corrected chi connectivity index (χ0v) is 19.1. The summed E-state index contributed by atoms with van der Waals surface area (Å²) in [5.74, 6) is -0.0139. The molecule has 9 heteroatoms. The van der Waals surface area contributed by atoms with E-state index in [9.17, 15) is 15.0 Å². The average Bonchev–Trinajstić information content (AvgIpc) is 3.05. The normalized spacial score (nSPS) is 18.0. The molecule has 168 valence electrons. The first kappa shape index (κ1) is 24.0. The van der Waals surface area contributed by atoms with Crippen molar-refractivity contribution < 1.29 is 24.5 Å². The van der Waals surface area contributed by atoms with Crippen molar-refractivity contribution in [3.63, 3.8) is 0 Å². The number of β-amino-alcohol motifs (C(OH)–C–C–N with tert-alkyl or cyclic N) is 1. The summed E-state index contributed by atoms with van der Waals surface area (Å²) >= 11 is 11.9. The molecule has 2 heterocycles. The lowest BCUT2D eigenvalue weighted by molar-refractivity contribution is -0.00202. The summed E-state index contributed by atoms with van der Waals surface area (Å²) in [6, 6.07) is 10.2. The molecular weight excluding hydrogens is 465 g/mol. The molecule has 2 aliphatic heterocycles. The third kappa shape index (κ3) is 5.57. The first-order valence-corrected chi connectivity index (χ1v) is 10.6. The number of nitrogens with zero attached hydrogens (tertiary/aromatic N) is 1. The Hall–Kier alpha value is -1.70. The summed E-state index contributed by atoms with van der Waals surface area (Å²) < 4.78 is 11.8. The maximum Gasteiger partial charge on any atom is 0.339 e. The highest BCUT2D eigenvalue weighted by Crippen LogP contribution is 2.41. The van der Waals surface area contributed by atoms with Crippen molar-refractivity contribution in [2.24, 2.45) is 0 Å². The highest BCUT2D eigenvalue weighted by Gasteiger charge is 2.42. The summed E-state index contributed by atoms with van der Waals surface area (Å²) in [6.07, 6.45) is 1.86. The maximum atomic E-state index is 11.3. The highest BCUT2D eigenvalue weighted by molar-refractivity contribution is 6.31. The van der Waals surface area contributed by atoms with Crippen LogP contribution >= 0.6 is 35.6 Å². The second kappa shape index (κ2) is 9.84. The lowest BCUT2D eigenvalue weighted by atomic mass is 9.87. The number of carbonyl (C=O) groups is 1. The molecule has 6 nitrogen and oxygen atoms in total. The van der Waals surface area contributed by atoms with E-state index in [-0.39, 0.29) is 35.9 Å². The van der Waals surface area contributed by atoms with E-state index in [4.69, 9.17) is 32.7 Å². The van der Waals surface area contributed by atoms with E-state index in [1.165, 1.54) is 12.1 Å². The number of aromatic carboxylic acids is 1. The molecule has 1 atom stereocenters. The molecule has 0 aliphatic carbocycles. The van der Waals surface area contributed by atoms with Crippen LogP contribution in [0.15, 0.2) is 36.4 Å². The number of carboxylic acids is 1. The number of halogens is 3. The fourth-order valence-electron chi connectivity index (χ4n) is 4.16. The molecule has 0 aromatic heterocycles. The van der Waals surface area contributed by atoms with Gasteiger partial charge in [0.25, 0.3) is 0 Å². The summed E-state index contributed by atoms with van der Waals surface area (Å²) in [5.41, 5.74) is 0.944. The predicted molar refractivity (Wildman–Crippen MR) is 121 cm³/mol. The van der Waals surface area contributed by atoms with Crippen molar-refractivity contribution in [2.75, 3.05) is 26.2 Å². The molecule has 0 radical (unpaired) electrons. The summed E-state index contributed by atoms with van der Waals surface area (Å²) in [5, 5.41) is 20.7. The van der Waals surface area contributed by atoms with E-state index in [1.54, 1.807) is 6.07 Å². The van der Waals surface area contributed by atoms with Crippen LogP contribution in [0.5, 0.6) is 11.5 Å². The monoisotopic (exact) mass is 487 g/mol. The Balaban J connectivity index is 0.00000272. The largest absolute Gasteiger partial charge is 0.490 e. The van der Waals surface area contributed by atoms with Gasteiger partial charge in [0.2, 0.25) is 0 Å². The minimum Gasteiger partial charge on any atom is -0.490 e. The predicted octanol–water partition coefficient (Wildman–Crippen LogP) is 4.32. The Morgan fingerprint density at radius 2 is 1.84 bits per heavy atom. The van der Waals surface area contributed by atoms with E-state index in [2.05, 4.69) is 4.90 Å². The Labute approximate surface area is 197 Å². The van der Waals surface area contributed by atoms with Crippen LogP contribution < -0.4 is 9.47 Å². The van der Waals surface area contributed by atoms with Crippen LogP contribution in [0.3, 0.4) is 0 Å². The van der Waals surface area contributed by atoms with Gasteiger partial charge in [-0.15, -0.1) is 12.4 Å². The topological polar surface area (TPSA) is 79.2 Å². The van der Waals surface area contributed by atoms with Gasteiger partial charge in [-0.05, 0) is 42.0 Å². The average molecular weight is 489 g/mol. The van der Waals surface area contributed by atoms with E-state index < -0.39 is 12.1 Å². The van der Waals surface area contributed by atoms with Crippen LogP contribution in [-0.4, -0.2) is 59.0 Å². The van der Waals surface area contributed by atoms with Crippen LogP contribution in [0.1, 0.15) is 28.8 Å². The number of carboxylic acid groups (broad SMARTS) is 1. The Bertz CT molecular complexity index is 947. The van der Waals surface area contributed by atoms with Gasteiger partial charge in [0.1, 0.15) is 35.4 Å². The molecule has 0 saturated carbocycles. The molecule has 31 heavy (non-hydrogen) atoms. The number of fused-ring (bicyclic) bond motifs is 1. The van der Waals surface area contributed by atoms with Gasteiger partial charge in [-0.25, -0.2) is 4.79 Å². The lowest BCUT2D eigenvalue weighted by Gasteiger charge is -2.39. The van der Waals surface area contributed by atoms with Gasteiger partial charge < -0.3 is 24.6 Å². The van der Waals surface area contributed by atoms with Crippen molar-refractivity contribution in [3.8, 4) is 11.5 Å². The highest BCUT2D eigenvalue weighted by atomic mass is 35.5. The number of aliphatic hydroxyl groups is 1. The second-order valence-electron chi connectivity index (χ2n) is 7.92. The number of rotatable bonds is 6. The zero-order valence-electron chi connectivity index (χ0n) is 16.7. The Morgan fingerprint density at radius 1 is 1.16 bits per heavy atom. The first-order valence-electron chi connectivity index (χ1n) is 9.87. The second-order valence-corrected chi connectivity index (χ2v) is 8.80. The van der Waals surface area contributed by atoms with Crippen LogP contribution in [0.25, 0.3) is 0 Å².